The van der Waals surface area contributed by atoms with E-state index < -0.39 is 0 Å². The van der Waals surface area contributed by atoms with Crippen LogP contribution in [0.2, 0.25) is 0 Å². The lowest BCUT2D eigenvalue weighted by Crippen LogP contribution is -2.46. The normalized spacial score (nSPS) is 22.2. The van der Waals surface area contributed by atoms with Gasteiger partial charge in [-0.3, -0.25) is 0 Å². The fraction of sp³-hybridized carbons (Fsp3) is 0.700. The first kappa shape index (κ1) is 11.4. The summed E-state index contributed by atoms with van der Waals surface area (Å²) in [4.78, 5) is 4.05. The number of nitrogens with one attached hydrogen (secondary N) is 1. The zero-order chi connectivity index (χ0) is 10.8. The van der Waals surface area contributed by atoms with E-state index in [-0.39, 0.29) is 11.5 Å². The van der Waals surface area contributed by atoms with E-state index in [1.807, 2.05) is 6.92 Å². The molecule has 0 amide bonds. The average Bonchev–Trinajstić information content (AvgIpc) is 2.07. The van der Waals surface area contributed by atoms with Crippen LogP contribution in [-0.2, 0) is 4.74 Å². The molecule has 1 rings (SSSR count). The standard InChI is InChI=1S/C10H17ClN2O/c1-5-14-9-12-6-7(11)8(13-9)10(2,3)4/h6,8H,5H2,1-4H3,(H,12,13). The topological polar surface area (TPSA) is 33.6 Å². The summed E-state index contributed by atoms with van der Waals surface area (Å²) < 4.78 is 5.29. The Bertz CT molecular complexity index is 266. The van der Waals surface area contributed by atoms with Gasteiger partial charge in [0.05, 0.1) is 17.7 Å². The third-order valence-corrected chi connectivity index (χ3v) is 2.31. The maximum atomic E-state index is 6.07. The zero-order valence-electron chi connectivity index (χ0n) is 9.10. The average molecular weight is 217 g/mol. The van der Waals surface area contributed by atoms with Crippen LogP contribution in [0.25, 0.3) is 0 Å². The largest absolute Gasteiger partial charge is 0.465 e. The van der Waals surface area contributed by atoms with Gasteiger partial charge in [-0.1, -0.05) is 32.4 Å². The van der Waals surface area contributed by atoms with Gasteiger partial charge in [0, 0.05) is 6.20 Å². The van der Waals surface area contributed by atoms with Crippen LogP contribution in [0.4, 0.5) is 0 Å². The van der Waals surface area contributed by atoms with Crippen LogP contribution in [0.5, 0.6) is 0 Å². The van der Waals surface area contributed by atoms with Gasteiger partial charge in [-0.05, 0) is 12.3 Å². The molecule has 1 N–H and O–H groups in total. The van der Waals surface area contributed by atoms with Gasteiger partial charge in [0.25, 0.3) is 6.02 Å². The number of halogens is 1. The van der Waals surface area contributed by atoms with Gasteiger partial charge in [0.15, 0.2) is 0 Å². The van der Waals surface area contributed by atoms with E-state index in [9.17, 15) is 0 Å². The van der Waals surface area contributed by atoms with Crippen molar-refractivity contribution in [1.29, 1.82) is 0 Å². The summed E-state index contributed by atoms with van der Waals surface area (Å²) in [6, 6.07) is 0.625. The van der Waals surface area contributed by atoms with Crippen molar-refractivity contribution in [3.8, 4) is 0 Å². The minimum atomic E-state index is 0.0475. The highest BCUT2D eigenvalue weighted by Gasteiger charge is 2.30. The maximum absolute atomic E-state index is 6.07. The zero-order valence-corrected chi connectivity index (χ0v) is 9.85. The molecule has 0 aromatic rings. The fourth-order valence-electron chi connectivity index (χ4n) is 1.27. The van der Waals surface area contributed by atoms with Crippen molar-refractivity contribution in [2.24, 2.45) is 10.4 Å². The van der Waals surface area contributed by atoms with Gasteiger partial charge in [0.1, 0.15) is 0 Å². The molecular weight excluding hydrogens is 200 g/mol. The molecule has 0 aromatic heterocycles. The molecule has 14 heavy (non-hydrogen) atoms. The molecule has 0 aliphatic carbocycles. The number of hydrogen-bond acceptors (Lipinski definition) is 3. The molecule has 0 saturated carbocycles. The summed E-state index contributed by atoms with van der Waals surface area (Å²) in [6.45, 7) is 8.89. The second-order valence-corrected chi connectivity index (χ2v) is 4.76. The summed E-state index contributed by atoms with van der Waals surface area (Å²) in [6.07, 6.45) is 1.65. The Morgan fingerprint density at radius 2 is 2.21 bits per heavy atom. The Morgan fingerprint density at radius 1 is 1.57 bits per heavy atom. The maximum Gasteiger partial charge on any atom is 0.289 e. The van der Waals surface area contributed by atoms with E-state index in [2.05, 4.69) is 31.1 Å². The van der Waals surface area contributed by atoms with Crippen LogP contribution in [-0.4, -0.2) is 18.7 Å². The second kappa shape index (κ2) is 4.22. The summed E-state index contributed by atoms with van der Waals surface area (Å²) in [5.41, 5.74) is 0.0475. The molecule has 0 bridgehead atoms. The van der Waals surface area contributed by atoms with Crippen molar-refractivity contribution in [3.63, 3.8) is 0 Å². The van der Waals surface area contributed by atoms with E-state index in [1.54, 1.807) is 6.20 Å². The van der Waals surface area contributed by atoms with Crippen LogP contribution in [0.3, 0.4) is 0 Å². The lowest BCUT2D eigenvalue weighted by Gasteiger charge is -2.33. The third kappa shape index (κ3) is 2.64. The van der Waals surface area contributed by atoms with Crippen molar-refractivity contribution in [3.05, 3.63) is 11.2 Å². The van der Waals surface area contributed by atoms with Crippen molar-refractivity contribution in [2.75, 3.05) is 6.61 Å². The molecule has 1 atom stereocenters. The van der Waals surface area contributed by atoms with Crippen molar-refractivity contribution < 1.29 is 4.74 Å². The molecule has 1 aliphatic rings. The van der Waals surface area contributed by atoms with Crippen LogP contribution in [0.15, 0.2) is 16.2 Å². The molecule has 4 heteroatoms. The Balaban J connectivity index is 2.76. The van der Waals surface area contributed by atoms with Gasteiger partial charge < -0.3 is 10.1 Å². The third-order valence-electron chi connectivity index (χ3n) is 2.00. The molecule has 0 radical (unpaired) electrons. The lowest BCUT2D eigenvalue weighted by atomic mass is 9.86. The molecule has 1 unspecified atom stereocenters. The first-order valence-corrected chi connectivity index (χ1v) is 5.15. The minimum Gasteiger partial charge on any atom is -0.465 e. The Kier molecular flexibility index (Phi) is 3.43. The Morgan fingerprint density at radius 3 is 2.71 bits per heavy atom. The fourth-order valence-corrected chi connectivity index (χ4v) is 1.70. The second-order valence-electron chi connectivity index (χ2n) is 4.32. The van der Waals surface area contributed by atoms with Gasteiger partial charge in [-0.15, -0.1) is 0 Å². The minimum absolute atomic E-state index is 0.0475. The van der Waals surface area contributed by atoms with Crippen LogP contribution >= 0.6 is 11.6 Å². The number of ether oxygens (including phenoxy) is 1. The van der Waals surface area contributed by atoms with E-state index in [1.165, 1.54) is 0 Å². The molecule has 3 nitrogen and oxygen atoms in total. The van der Waals surface area contributed by atoms with Gasteiger partial charge in [-0.2, -0.15) is 0 Å². The Labute approximate surface area is 90.2 Å². The van der Waals surface area contributed by atoms with Crippen molar-refractivity contribution >= 4 is 17.6 Å². The van der Waals surface area contributed by atoms with E-state index in [4.69, 9.17) is 16.3 Å². The van der Waals surface area contributed by atoms with Crippen molar-refractivity contribution in [2.45, 2.75) is 33.7 Å². The summed E-state index contributed by atoms with van der Waals surface area (Å²) in [5, 5.41) is 3.89. The smallest absolute Gasteiger partial charge is 0.289 e. The predicted octanol–water partition coefficient (Wildman–Crippen LogP) is 2.48. The monoisotopic (exact) mass is 216 g/mol. The molecular formula is C10H17ClN2O. The first-order chi connectivity index (χ1) is 6.45. The van der Waals surface area contributed by atoms with Crippen LogP contribution in [0, 0.1) is 5.41 Å². The van der Waals surface area contributed by atoms with E-state index in [0.717, 1.165) is 5.03 Å². The molecule has 0 aromatic carbocycles. The summed E-state index contributed by atoms with van der Waals surface area (Å²) in [5.74, 6) is 0. The van der Waals surface area contributed by atoms with Crippen LogP contribution in [0.1, 0.15) is 27.7 Å². The molecule has 0 saturated heterocycles. The molecule has 80 valence electrons. The number of hydrogen-bond donors (Lipinski definition) is 1. The first-order valence-electron chi connectivity index (χ1n) is 4.78. The van der Waals surface area contributed by atoms with Gasteiger partial charge in [-0.25, -0.2) is 4.99 Å². The molecule has 0 fully saturated rings. The van der Waals surface area contributed by atoms with Crippen molar-refractivity contribution in [1.82, 2.24) is 5.32 Å². The summed E-state index contributed by atoms with van der Waals surface area (Å²) in [7, 11) is 0. The number of rotatable bonds is 1. The molecule has 1 heterocycles. The molecule has 1 aliphatic heterocycles. The summed E-state index contributed by atoms with van der Waals surface area (Å²) >= 11 is 6.07. The number of nitrogens with zero attached hydrogens (tertiary/aromatic N) is 1. The highest BCUT2D eigenvalue weighted by Crippen LogP contribution is 2.28. The van der Waals surface area contributed by atoms with E-state index >= 15 is 0 Å². The SMILES string of the molecule is CCOC1=NC=C(Cl)C(C(C)(C)C)N1. The lowest BCUT2D eigenvalue weighted by molar-refractivity contribution is 0.271. The Hall–Kier alpha value is -0.700. The number of aliphatic imine (C=N–C) groups is 1. The highest BCUT2D eigenvalue weighted by atomic mass is 35.5. The highest BCUT2D eigenvalue weighted by molar-refractivity contribution is 6.30. The van der Waals surface area contributed by atoms with Gasteiger partial charge >= 0.3 is 0 Å². The number of amidine groups is 1. The quantitative estimate of drug-likeness (QED) is 0.731. The molecule has 0 spiro atoms. The van der Waals surface area contributed by atoms with Gasteiger partial charge in [0.2, 0.25) is 0 Å². The predicted molar refractivity (Wildman–Crippen MR) is 59.4 cm³/mol. The van der Waals surface area contributed by atoms with Crippen LogP contribution < -0.4 is 5.32 Å². The van der Waals surface area contributed by atoms with E-state index in [0.29, 0.717) is 12.6 Å².